The van der Waals surface area contributed by atoms with Crippen LogP contribution in [0.2, 0.25) is 0 Å². The first-order chi connectivity index (χ1) is 27.2. The zero-order valence-electron chi connectivity index (χ0n) is 29.0. The Balaban J connectivity index is 0.984. The number of fused-ring (bicyclic) bond motifs is 6. The molecule has 258 valence electrons. The minimum Gasteiger partial charge on any atom is -0.310 e. The number of hydrogen-bond acceptors (Lipinski definition) is 9. The van der Waals surface area contributed by atoms with Gasteiger partial charge in [-0.1, -0.05) is 89.4 Å². The van der Waals surface area contributed by atoms with Crippen LogP contribution in [0.25, 0.3) is 85.5 Å². The smallest absolute Gasteiger partial charge is 0.190 e. The lowest BCUT2D eigenvalue weighted by Gasteiger charge is -2.26. The van der Waals surface area contributed by atoms with Crippen LogP contribution in [0.15, 0.2) is 164 Å². The Labute approximate surface area is 322 Å². The molecule has 11 rings (SSSR count). The van der Waals surface area contributed by atoms with Crippen LogP contribution in [0, 0.1) is 0 Å². The Kier molecular flexibility index (Phi) is 7.39. The number of thiazole rings is 2. The second-order valence-electron chi connectivity index (χ2n) is 13.3. The van der Waals surface area contributed by atoms with Gasteiger partial charge in [0.1, 0.15) is 10.0 Å². The van der Waals surface area contributed by atoms with Crippen molar-refractivity contribution >= 4 is 93.0 Å². The van der Waals surface area contributed by atoms with E-state index in [0.717, 1.165) is 47.9 Å². The summed E-state index contributed by atoms with van der Waals surface area (Å²) in [5.41, 5.74) is 8.93. The monoisotopic (exact) mass is 741 g/mol. The van der Waals surface area contributed by atoms with Gasteiger partial charge in [0.2, 0.25) is 0 Å². The quantitative estimate of drug-likeness (QED) is 0.157. The van der Waals surface area contributed by atoms with Gasteiger partial charge in [0.05, 0.1) is 0 Å². The molecule has 0 aliphatic rings. The van der Waals surface area contributed by atoms with Crippen molar-refractivity contribution < 1.29 is 0 Å². The summed E-state index contributed by atoms with van der Waals surface area (Å²) in [5.74, 6) is 0. The van der Waals surface area contributed by atoms with E-state index >= 15 is 0 Å². The molecule has 7 aromatic carbocycles. The highest BCUT2D eigenvalue weighted by Gasteiger charge is 2.17. The molecule has 7 nitrogen and oxygen atoms in total. The van der Waals surface area contributed by atoms with E-state index in [-0.39, 0.29) is 0 Å². The molecule has 0 unspecified atom stereocenters. The van der Waals surface area contributed by atoms with Gasteiger partial charge in [0.15, 0.2) is 21.0 Å². The van der Waals surface area contributed by atoms with Gasteiger partial charge in [-0.2, -0.15) is 0 Å². The third-order valence-corrected chi connectivity index (χ3v) is 12.0. The Bertz CT molecular complexity index is 3040. The number of benzene rings is 7. The molecule has 4 aromatic heterocycles. The van der Waals surface area contributed by atoms with E-state index in [2.05, 4.69) is 164 Å². The first kappa shape index (κ1) is 31.6. The van der Waals surface area contributed by atoms with E-state index in [0.29, 0.717) is 11.3 Å². The maximum atomic E-state index is 4.74. The number of rotatable bonds is 6. The average molecular weight is 742 g/mol. The van der Waals surface area contributed by atoms with Gasteiger partial charge in [-0.3, -0.25) is 0 Å². The standard InChI is InChI=1S/C46H27N7S2/c1-2-4-31-25-32(6-5-28(31)3-1)33-13-19-39-34(26-33)7-8-35-27-38(18-20-40(35)39)53(36-14-9-29(10-15-36)43-51-41-45(54-43)49-23-21-47-41)37-16-11-30(12-17-37)44-52-42-46(55-44)50-24-22-48-42/h1-27H. The summed E-state index contributed by atoms with van der Waals surface area (Å²) in [6.07, 6.45) is 6.77. The van der Waals surface area contributed by atoms with E-state index in [1.165, 1.54) is 43.4 Å². The zero-order valence-corrected chi connectivity index (χ0v) is 30.7. The third-order valence-electron chi connectivity index (χ3n) is 10.00. The lowest BCUT2D eigenvalue weighted by molar-refractivity contribution is 1.26. The average Bonchev–Trinajstić information content (AvgIpc) is 3.89. The molecule has 0 amide bonds. The fourth-order valence-electron chi connectivity index (χ4n) is 7.30. The van der Waals surface area contributed by atoms with E-state index in [1.54, 1.807) is 47.5 Å². The maximum Gasteiger partial charge on any atom is 0.190 e. The molecule has 0 radical (unpaired) electrons. The molecule has 0 N–H and O–H groups in total. The summed E-state index contributed by atoms with van der Waals surface area (Å²) in [7, 11) is 0. The second-order valence-corrected chi connectivity index (χ2v) is 15.3. The molecule has 11 aromatic rings. The molecule has 0 spiro atoms. The summed E-state index contributed by atoms with van der Waals surface area (Å²) < 4.78 is 0. The minimum atomic E-state index is 0.668. The van der Waals surface area contributed by atoms with Crippen LogP contribution in [0.1, 0.15) is 0 Å². The molecule has 0 bridgehead atoms. The first-order valence-corrected chi connectivity index (χ1v) is 19.5. The highest BCUT2D eigenvalue weighted by Crippen LogP contribution is 2.40. The van der Waals surface area contributed by atoms with Gasteiger partial charge < -0.3 is 4.90 Å². The highest BCUT2D eigenvalue weighted by atomic mass is 32.1. The van der Waals surface area contributed by atoms with Crippen molar-refractivity contribution in [1.29, 1.82) is 0 Å². The largest absolute Gasteiger partial charge is 0.310 e. The van der Waals surface area contributed by atoms with Crippen molar-refractivity contribution in [2.24, 2.45) is 0 Å². The van der Waals surface area contributed by atoms with E-state index in [9.17, 15) is 0 Å². The van der Waals surface area contributed by atoms with Crippen LogP contribution < -0.4 is 4.90 Å². The Morgan fingerprint density at radius 3 is 1.42 bits per heavy atom. The van der Waals surface area contributed by atoms with Crippen molar-refractivity contribution in [3.63, 3.8) is 0 Å². The molecule has 0 saturated heterocycles. The van der Waals surface area contributed by atoms with Gasteiger partial charge in [-0.05, 0) is 116 Å². The van der Waals surface area contributed by atoms with Crippen LogP contribution >= 0.6 is 22.7 Å². The maximum absolute atomic E-state index is 4.74. The summed E-state index contributed by atoms with van der Waals surface area (Å²) in [6.45, 7) is 0. The summed E-state index contributed by atoms with van der Waals surface area (Å²) in [5, 5.41) is 9.12. The predicted molar refractivity (Wildman–Crippen MR) is 227 cm³/mol. The molecule has 0 saturated carbocycles. The zero-order chi connectivity index (χ0) is 36.3. The van der Waals surface area contributed by atoms with Crippen molar-refractivity contribution in [1.82, 2.24) is 29.9 Å². The molecular weight excluding hydrogens is 715 g/mol. The summed E-state index contributed by atoms with van der Waals surface area (Å²) >= 11 is 3.10. The molecule has 0 aliphatic heterocycles. The van der Waals surface area contributed by atoms with Crippen molar-refractivity contribution in [2.75, 3.05) is 4.90 Å². The molecule has 9 heteroatoms. The Hall–Kier alpha value is -6.94. The Morgan fingerprint density at radius 2 is 0.818 bits per heavy atom. The number of aromatic nitrogens is 6. The van der Waals surface area contributed by atoms with Gasteiger partial charge >= 0.3 is 0 Å². The molecular formula is C46H27N7S2. The molecule has 0 atom stereocenters. The topological polar surface area (TPSA) is 80.6 Å². The number of nitrogens with zero attached hydrogens (tertiary/aromatic N) is 7. The van der Waals surface area contributed by atoms with E-state index < -0.39 is 0 Å². The first-order valence-electron chi connectivity index (χ1n) is 17.8. The van der Waals surface area contributed by atoms with Crippen LogP contribution in [0.5, 0.6) is 0 Å². The van der Waals surface area contributed by atoms with Crippen LogP contribution in [0.4, 0.5) is 17.1 Å². The molecule has 0 fully saturated rings. The Morgan fingerprint density at radius 1 is 0.364 bits per heavy atom. The second kappa shape index (κ2) is 12.9. The molecule has 4 heterocycles. The van der Waals surface area contributed by atoms with Crippen LogP contribution in [-0.2, 0) is 0 Å². The lowest BCUT2D eigenvalue weighted by Crippen LogP contribution is -2.09. The molecule has 0 aliphatic carbocycles. The van der Waals surface area contributed by atoms with Crippen molar-refractivity contribution in [2.45, 2.75) is 0 Å². The highest BCUT2D eigenvalue weighted by molar-refractivity contribution is 7.21. The predicted octanol–water partition coefficient (Wildman–Crippen LogP) is 12.4. The lowest BCUT2D eigenvalue weighted by atomic mass is 9.96. The van der Waals surface area contributed by atoms with Crippen molar-refractivity contribution in [3.05, 3.63) is 164 Å². The normalized spacial score (nSPS) is 11.6. The van der Waals surface area contributed by atoms with Gasteiger partial charge in [-0.25, -0.2) is 29.9 Å². The fraction of sp³-hybridized carbons (Fsp3) is 0. The third kappa shape index (κ3) is 5.65. The summed E-state index contributed by atoms with van der Waals surface area (Å²) in [4.78, 5) is 31.1. The SMILES string of the molecule is c1ccc2cc(-c3ccc4c(ccc5cc(N(c6ccc(-c7nc8nccnc8s7)cc6)c6ccc(-c7nc8nccnc8s7)cc6)ccc54)c3)ccc2c1. The van der Waals surface area contributed by atoms with E-state index in [4.69, 9.17) is 9.97 Å². The van der Waals surface area contributed by atoms with E-state index in [1.807, 2.05) is 0 Å². The molecule has 55 heavy (non-hydrogen) atoms. The number of anilines is 3. The fourth-order valence-corrected chi connectivity index (χ4v) is 9.05. The number of hydrogen-bond donors (Lipinski definition) is 0. The van der Waals surface area contributed by atoms with Crippen LogP contribution in [0.3, 0.4) is 0 Å². The summed E-state index contributed by atoms with van der Waals surface area (Å²) in [6, 6.07) is 50.3. The van der Waals surface area contributed by atoms with Gasteiger partial charge in [0.25, 0.3) is 0 Å². The van der Waals surface area contributed by atoms with Gasteiger partial charge in [0, 0.05) is 53.0 Å². The van der Waals surface area contributed by atoms with Crippen LogP contribution in [-0.4, -0.2) is 29.9 Å². The van der Waals surface area contributed by atoms with Gasteiger partial charge in [-0.15, -0.1) is 0 Å². The minimum absolute atomic E-state index is 0.668. The van der Waals surface area contributed by atoms with Crippen molar-refractivity contribution in [3.8, 4) is 32.3 Å².